The van der Waals surface area contributed by atoms with Crippen molar-refractivity contribution in [3.63, 3.8) is 0 Å². The fourth-order valence-corrected chi connectivity index (χ4v) is 2.84. The molecule has 20 heavy (non-hydrogen) atoms. The predicted octanol–water partition coefficient (Wildman–Crippen LogP) is 4.82. The van der Waals surface area contributed by atoms with E-state index >= 15 is 0 Å². The number of aromatic nitrogens is 2. The third-order valence-corrected chi connectivity index (χ3v) is 3.90. The largest absolute Gasteiger partial charge is 0.264 e. The van der Waals surface area contributed by atoms with Gasteiger partial charge >= 0.3 is 0 Å². The van der Waals surface area contributed by atoms with Crippen LogP contribution in [0.4, 0.5) is 0 Å². The van der Waals surface area contributed by atoms with Gasteiger partial charge in [-0.2, -0.15) is 0 Å². The predicted molar refractivity (Wildman–Crippen MR) is 84.1 cm³/mol. The Kier molecular flexibility index (Phi) is 3.41. The highest BCUT2D eigenvalue weighted by atomic mass is 35.5. The van der Waals surface area contributed by atoms with E-state index in [4.69, 9.17) is 11.6 Å². The van der Waals surface area contributed by atoms with E-state index < -0.39 is 0 Å². The summed E-state index contributed by atoms with van der Waals surface area (Å²) in [5.74, 6) is 0. The molecule has 0 fully saturated rings. The maximum absolute atomic E-state index is 6.38. The van der Waals surface area contributed by atoms with Crippen LogP contribution in [0.2, 0.25) is 5.15 Å². The second kappa shape index (κ2) is 5.22. The lowest BCUT2D eigenvalue weighted by Crippen LogP contribution is -1.93. The molecule has 0 saturated heterocycles. The molecule has 0 N–H and O–H groups in total. The lowest BCUT2D eigenvalue weighted by atomic mass is 9.98. The molecule has 0 aliphatic heterocycles. The van der Waals surface area contributed by atoms with E-state index in [0.717, 1.165) is 34.0 Å². The monoisotopic (exact) mass is 282 g/mol. The van der Waals surface area contributed by atoms with Crippen LogP contribution >= 0.6 is 11.6 Å². The third kappa shape index (κ3) is 2.16. The van der Waals surface area contributed by atoms with Gasteiger partial charge in [0, 0.05) is 28.9 Å². The summed E-state index contributed by atoms with van der Waals surface area (Å²) in [5.41, 5.74) is 5.38. The standard InChI is InChI=1S/C17H15ClN2/c1-3-12-6-7-15-14(9-12)11(2)16(17(18)20-15)13-5-4-8-19-10-13/h4-10H,3H2,1-2H3. The topological polar surface area (TPSA) is 25.8 Å². The zero-order valence-corrected chi connectivity index (χ0v) is 12.3. The molecular formula is C17H15ClN2. The zero-order valence-electron chi connectivity index (χ0n) is 11.5. The molecule has 3 aromatic rings. The summed E-state index contributed by atoms with van der Waals surface area (Å²) in [6.07, 6.45) is 4.60. The molecule has 0 aliphatic rings. The number of hydrogen-bond donors (Lipinski definition) is 0. The number of rotatable bonds is 2. The Balaban J connectivity index is 2.33. The summed E-state index contributed by atoms with van der Waals surface area (Å²) < 4.78 is 0. The Morgan fingerprint density at radius 2 is 2.05 bits per heavy atom. The van der Waals surface area contributed by atoms with Crippen LogP contribution in [0.25, 0.3) is 22.0 Å². The number of benzene rings is 1. The molecule has 3 rings (SSSR count). The number of halogens is 1. The summed E-state index contributed by atoms with van der Waals surface area (Å²) in [4.78, 5) is 8.70. The molecule has 2 nitrogen and oxygen atoms in total. The summed E-state index contributed by atoms with van der Waals surface area (Å²) in [5, 5.41) is 1.69. The van der Waals surface area contributed by atoms with Crippen LogP contribution in [0.15, 0.2) is 42.7 Å². The Bertz CT molecular complexity index is 767. The average Bonchev–Trinajstić information content (AvgIpc) is 2.48. The summed E-state index contributed by atoms with van der Waals surface area (Å²) in [7, 11) is 0. The van der Waals surface area contributed by atoms with Gasteiger partial charge in [-0.15, -0.1) is 0 Å². The molecule has 2 aromatic heterocycles. The van der Waals surface area contributed by atoms with Crippen molar-refractivity contribution in [2.75, 3.05) is 0 Å². The first-order valence-electron chi connectivity index (χ1n) is 6.70. The smallest absolute Gasteiger partial charge is 0.137 e. The zero-order chi connectivity index (χ0) is 14.1. The molecule has 0 bridgehead atoms. The second-order valence-corrected chi connectivity index (χ2v) is 5.21. The van der Waals surface area contributed by atoms with Gasteiger partial charge in [-0.3, -0.25) is 4.98 Å². The van der Waals surface area contributed by atoms with Gasteiger partial charge in [-0.25, -0.2) is 4.98 Å². The molecular weight excluding hydrogens is 268 g/mol. The molecule has 0 radical (unpaired) electrons. The van der Waals surface area contributed by atoms with Crippen LogP contribution in [-0.4, -0.2) is 9.97 Å². The number of nitrogens with zero attached hydrogens (tertiary/aromatic N) is 2. The first-order valence-corrected chi connectivity index (χ1v) is 7.07. The van der Waals surface area contributed by atoms with Gasteiger partial charge in [0.15, 0.2) is 0 Å². The van der Waals surface area contributed by atoms with Crippen LogP contribution < -0.4 is 0 Å². The van der Waals surface area contributed by atoms with E-state index in [1.54, 1.807) is 6.20 Å². The average molecular weight is 283 g/mol. The minimum absolute atomic E-state index is 0.534. The van der Waals surface area contributed by atoms with E-state index in [9.17, 15) is 0 Å². The highest BCUT2D eigenvalue weighted by molar-refractivity contribution is 6.33. The summed E-state index contributed by atoms with van der Waals surface area (Å²) in [6, 6.07) is 10.3. The summed E-state index contributed by atoms with van der Waals surface area (Å²) >= 11 is 6.38. The van der Waals surface area contributed by atoms with Crippen molar-refractivity contribution >= 4 is 22.5 Å². The second-order valence-electron chi connectivity index (χ2n) is 4.85. The van der Waals surface area contributed by atoms with Gasteiger partial charge in [0.1, 0.15) is 5.15 Å². The molecule has 3 heteroatoms. The first kappa shape index (κ1) is 13.1. The normalized spacial score (nSPS) is 10.9. The van der Waals surface area contributed by atoms with E-state index in [2.05, 4.69) is 35.9 Å². The summed E-state index contributed by atoms with van der Waals surface area (Å²) in [6.45, 7) is 4.25. The van der Waals surface area contributed by atoms with E-state index in [1.807, 2.05) is 24.4 Å². The van der Waals surface area contributed by atoms with Crippen LogP contribution in [0.3, 0.4) is 0 Å². The molecule has 0 amide bonds. The number of aryl methyl sites for hydroxylation is 2. The SMILES string of the molecule is CCc1ccc2nc(Cl)c(-c3cccnc3)c(C)c2c1. The fourth-order valence-electron chi connectivity index (χ4n) is 2.50. The van der Waals surface area contributed by atoms with Crippen LogP contribution in [0, 0.1) is 6.92 Å². The number of hydrogen-bond acceptors (Lipinski definition) is 2. The van der Waals surface area contributed by atoms with Crippen molar-refractivity contribution in [2.24, 2.45) is 0 Å². The maximum atomic E-state index is 6.38. The van der Waals surface area contributed by atoms with Crippen LogP contribution in [0.1, 0.15) is 18.1 Å². The van der Waals surface area contributed by atoms with Crippen molar-refractivity contribution in [1.82, 2.24) is 9.97 Å². The van der Waals surface area contributed by atoms with Gasteiger partial charge < -0.3 is 0 Å². The Hall–Kier alpha value is -1.93. The van der Waals surface area contributed by atoms with Crippen LogP contribution in [0.5, 0.6) is 0 Å². The fraction of sp³-hybridized carbons (Fsp3) is 0.176. The molecule has 2 heterocycles. The lowest BCUT2D eigenvalue weighted by molar-refractivity contribution is 1.14. The Morgan fingerprint density at radius 1 is 1.20 bits per heavy atom. The molecule has 100 valence electrons. The van der Waals surface area contributed by atoms with Crippen molar-refractivity contribution in [2.45, 2.75) is 20.3 Å². The Morgan fingerprint density at radius 3 is 2.75 bits per heavy atom. The van der Waals surface area contributed by atoms with Crippen LogP contribution in [-0.2, 0) is 6.42 Å². The highest BCUT2D eigenvalue weighted by Gasteiger charge is 2.12. The Labute approximate surface area is 123 Å². The van der Waals surface area contributed by atoms with Crippen molar-refractivity contribution in [3.05, 3.63) is 59.0 Å². The van der Waals surface area contributed by atoms with Gasteiger partial charge in [0.05, 0.1) is 5.52 Å². The highest BCUT2D eigenvalue weighted by Crippen LogP contribution is 2.34. The van der Waals surface area contributed by atoms with Gasteiger partial charge in [0.25, 0.3) is 0 Å². The molecule has 0 spiro atoms. The van der Waals surface area contributed by atoms with E-state index in [0.29, 0.717) is 5.15 Å². The van der Waals surface area contributed by atoms with Gasteiger partial charge in [0.2, 0.25) is 0 Å². The third-order valence-electron chi connectivity index (χ3n) is 3.62. The molecule has 1 aromatic carbocycles. The van der Waals surface area contributed by atoms with Crippen molar-refractivity contribution in [3.8, 4) is 11.1 Å². The molecule has 0 saturated carbocycles. The molecule has 0 aliphatic carbocycles. The van der Waals surface area contributed by atoms with Gasteiger partial charge in [-0.05, 0) is 42.7 Å². The maximum Gasteiger partial charge on any atom is 0.137 e. The number of pyridine rings is 2. The van der Waals surface area contributed by atoms with E-state index in [1.165, 1.54) is 5.56 Å². The minimum atomic E-state index is 0.534. The van der Waals surface area contributed by atoms with Crippen molar-refractivity contribution in [1.29, 1.82) is 0 Å². The number of fused-ring (bicyclic) bond motifs is 1. The molecule has 0 unspecified atom stereocenters. The lowest BCUT2D eigenvalue weighted by Gasteiger charge is -2.12. The molecule has 0 atom stereocenters. The minimum Gasteiger partial charge on any atom is -0.264 e. The van der Waals surface area contributed by atoms with Crippen molar-refractivity contribution < 1.29 is 0 Å². The van der Waals surface area contributed by atoms with E-state index in [-0.39, 0.29) is 0 Å². The quantitative estimate of drug-likeness (QED) is 0.630. The first-order chi connectivity index (χ1) is 9.70. The van der Waals surface area contributed by atoms with Gasteiger partial charge in [-0.1, -0.05) is 30.7 Å².